The van der Waals surface area contributed by atoms with E-state index in [0.717, 1.165) is 11.1 Å². The Balaban J connectivity index is 1.87. The molecule has 3 rings (SSSR count). The van der Waals surface area contributed by atoms with Gasteiger partial charge >= 0.3 is 0 Å². The minimum Gasteiger partial charge on any atom is -0.398 e. The first-order chi connectivity index (χ1) is 9.79. The van der Waals surface area contributed by atoms with Crippen molar-refractivity contribution in [1.29, 1.82) is 0 Å². The van der Waals surface area contributed by atoms with Gasteiger partial charge in [0, 0.05) is 16.8 Å². The van der Waals surface area contributed by atoms with Gasteiger partial charge in [-0.1, -0.05) is 48.5 Å². The largest absolute Gasteiger partial charge is 0.398 e. The molecule has 20 heavy (non-hydrogen) atoms. The van der Waals surface area contributed by atoms with Gasteiger partial charge in [-0.15, -0.1) is 0 Å². The van der Waals surface area contributed by atoms with E-state index in [1.165, 1.54) is 0 Å². The molecule has 0 bridgehead atoms. The van der Waals surface area contributed by atoms with Gasteiger partial charge in [-0.2, -0.15) is 0 Å². The topological polar surface area (TPSA) is 64.7 Å². The number of para-hydroxylation sites is 1. The lowest BCUT2D eigenvalue weighted by Gasteiger charge is -2.16. The Bertz CT molecular complexity index is 573. The number of anilines is 1. The van der Waals surface area contributed by atoms with Crippen LogP contribution in [0.25, 0.3) is 0 Å². The number of nitrogens with two attached hydrogens (primary N) is 1. The molecule has 1 aliphatic heterocycles. The molecule has 1 saturated heterocycles. The van der Waals surface area contributed by atoms with Gasteiger partial charge in [-0.3, -0.25) is 0 Å². The average molecular weight is 271 g/mol. The molecule has 0 amide bonds. The van der Waals surface area contributed by atoms with E-state index < -0.39 is 12.4 Å². The molecular formula is C16H17NO3. The zero-order chi connectivity index (χ0) is 13.9. The average Bonchev–Trinajstić information content (AvgIpc) is 2.93. The van der Waals surface area contributed by atoms with Crippen molar-refractivity contribution < 1.29 is 14.6 Å². The fraction of sp³-hybridized carbons (Fsp3) is 0.250. The first-order valence-electron chi connectivity index (χ1n) is 6.60. The summed E-state index contributed by atoms with van der Waals surface area (Å²) in [6.07, 6.45) is -1.24. The summed E-state index contributed by atoms with van der Waals surface area (Å²) in [5.74, 6) is 0. The van der Waals surface area contributed by atoms with E-state index in [1.54, 1.807) is 0 Å². The summed E-state index contributed by atoms with van der Waals surface area (Å²) < 4.78 is 11.7. The molecule has 1 aliphatic rings. The number of ether oxygens (including phenoxy) is 2. The van der Waals surface area contributed by atoms with Crippen LogP contribution in [0.4, 0.5) is 5.69 Å². The summed E-state index contributed by atoms with van der Waals surface area (Å²) in [6, 6.07) is 17.2. The molecule has 104 valence electrons. The summed E-state index contributed by atoms with van der Waals surface area (Å²) in [5.41, 5.74) is 8.42. The predicted octanol–water partition coefficient (Wildman–Crippen LogP) is 2.42. The van der Waals surface area contributed by atoms with Crippen LogP contribution in [0.15, 0.2) is 54.6 Å². The van der Waals surface area contributed by atoms with Crippen LogP contribution in [0.5, 0.6) is 0 Å². The molecule has 0 radical (unpaired) electrons. The summed E-state index contributed by atoms with van der Waals surface area (Å²) in [5, 5.41) is 9.51. The fourth-order valence-corrected chi connectivity index (χ4v) is 2.43. The van der Waals surface area contributed by atoms with Crippen LogP contribution in [0, 0.1) is 0 Å². The minimum absolute atomic E-state index is 0.109. The van der Waals surface area contributed by atoms with Gasteiger partial charge in [0.05, 0.1) is 6.61 Å². The van der Waals surface area contributed by atoms with Crippen molar-refractivity contribution >= 4 is 5.69 Å². The Morgan fingerprint density at radius 1 is 0.950 bits per heavy atom. The van der Waals surface area contributed by atoms with E-state index in [9.17, 15) is 5.11 Å². The highest BCUT2D eigenvalue weighted by atomic mass is 16.7. The number of hydrogen-bond acceptors (Lipinski definition) is 4. The van der Waals surface area contributed by atoms with E-state index in [4.69, 9.17) is 15.2 Å². The summed E-state index contributed by atoms with van der Waals surface area (Å²) in [4.78, 5) is 0. The van der Waals surface area contributed by atoms with E-state index in [1.807, 2.05) is 54.6 Å². The molecule has 0 aliphatic carbocycles. The first-order valence-corrected chi connectivity index (χ1v) is 6.60. The second-order valence-corrected chi connectivity index (χ2v) is 4.79. The minimum atomic E-state index is -0.474. The predicted molar refractivity (Wildman–Crippen MR) is 75.8 cm³/mol. The van der Waals surface area contributed by atoms with E-state index in [-0.39, 0.29) is 12.7 Å². The molecule has 4 heteroatoms. The Kier molecular flexibility index (Phi) is 3.69. The zero-order valence-electron chi connectivity index (χ0n) is 11.0. The number of benzene rings is 2. The third kappa shape index (κ3) is 2.41. The van der Waals surface area contributed by atoms with Crippen molar-refractivity contribution in [2.45, 2.75) is 18.5 Å². The number of rotatable bonds is 3. The second kappa shape index (κ2) is 5.63. The van der Waals surface area contributed by atoms with Crippen molar-refractivity contribution in [2.75, 3.05) is 12.3 Å². The molecule has 3 N–H and O–H groups in total. The van der Waals surface area contributed by atoms with Gasteiger partial charge in [-0.05, 0) is 6.07 Å². The van der Waals surface area contributed by atoms with Crippen molar-refractivity contribution in [3.05, 3.63) is 65.7 Å². The standard InChI is InChI=1S/C16H17NO3/c17-13-9-5-4-8-12(13)15-14(10-18)19-16(20-15)11-6-2-1-3-7-11/h1-9,14-16,18H,10,17H2/t14-,15-,16+/m0/s1. The van der Waals surface area contributed by atoms with Crippen LogP contribution in [-0.2, 0) is 9.47 Å². The molecule has 2 aromatic carbocycles. The first kappa shape index (κ1) is 13.1. The normalized spacial score (nSPS) is 25.8. The third-order valence-electron chi connectivity index (χ3n) is 3.46. The highest BCUT2D eigenvalue weighted by molar-refractivity contribution is 5.48. The highest BCUT2D eigenvalue weighted by Crippen LogP contribution is 2.41. The van der Waals surface area contributed by atoms with Crippen LogP contribution < -0.4 is 5.73 Å². The van der Waals surface area contributed by atoms with Crippen molar-refractivity contribution in [3.63, 3.8) is 0 Å². The van der Waals surface area contributed by atoms with Crippen LogP contribution in [0.1, 0.15) is 23.5 Å². The fourth-order valence-electron chi connectivity index (χ4n) is 2.43. The monoisotopic (exact) mass is 271 g/mol. The molecule has 0 saturated carbocycles. The molecule has 1 fully saturated rings. The number of aliphatic hydroxyl groups excluding tert-OH is 1. The number of hydrogen-bond donors (Lipinski definition) is 2. The summed E-state index contributed by atoms with van der Waals surface area (Å²) in [6.45, 7) is -0.109. The molecular weight excluding hydrogens is 254 g/mol. The number of nitrogen functional groups attached to an aromatic ring is 1. The molecule has 3 atom stereocenters. The maximum absolute atomic E-state index is 9.51. The smallest absolute Gasteiger partial charge is 0.185 e. The lowest BCUT2D eigenvalue weighted by molar-refractivity contribution is -0.0739. The SMILES string of the molecule is Nc1ccccc1[C@@H]1O[C@H](c2ccccc2)O[C@H]1CO. The van der Waals surface area contributed by atoms with Gasteiger partial charge in [0.15, 0.2) is 6.29 Å². The number of aliphatic hydroxyl groups is 1. The Morgan fingerprint density at radius 3 is 2.35 bits per heavy atom. The molecule has 4 nitrogen and oxygen atoms in total. The Hall–Kier alpha value is -1.88. The van der Waals surface area contributed by atoms with Gasteiger partial charge in [0.2, 0.25) is 0 Å². The summed E-state index contributed by atoms with van der Waals surface area (Å²) in [7, 11) is 0. The zero-order valence-corrected chi connectivity index (χ0v) is 11.0. The van der Waals surface area contributed by atoms with Crippen LogP contribution >= 0.6 is 0 Å². The van der Waals surface area contributed by atoms with Crippen molar-refractivity contribution in [2.24, 2.45) is 0 Å². The molecule has 2 aromatic rings. The van der Waals surface area contributed by atoms with Gasteiger partial charge in [0.1, 0.15) is 12.2 Å². The quantitative estimate of drug-likeness (QED) is 0.841. The van der Waals surface area contributed by atoms with Gasteiger partial charge < -0.3 is 20.3 Å². The Morgan fingerprint density at radius 2 is 1.65 bits per heavy atom. The second-order valence-electron chi connectivity index (χ2n) is 4.79. The molecule has 0 spiro atoms. The highest BCUT2D eigenvalue weighted by Gasteiger charge is 2.38. The maximum Gasteiger partial charge on any atom is 0.185 e. The molecule has 0 aromatic heterocycles. The Labute approximate surface area is 117 Å². The van der Waals surface area contributed by atoms with Crippen molar-refractivity contribution in [1.82, 2.24) is 0 Å². The van der Waals surface area contributed by atoms with E-state index >= 15 is 0 Å². The van der Waals surface area contributed by atoms with Gasteiger partial charge in [0.25, 0.3) is 0 Å². The third-order valence-corrected chi connectivity index (χ3v) is 3.46. The van der Waals surface area contributed by atoms with Crippen LogP contribution in [0.2, 0.25) is 0 Å². The molecule has 0 unspecified atom stereocenters. The van der Waals surface area contributed by atoms with Crippen LogP contribution in [-0.4, -0.2) is 17.8 Å². The maximum atomic E-state index is 9.51. The lowest BCUT2D eigenvalue weighted by atomic mass is 10.0. The van der Waals surface area contributed by atoms with Crippen molar-refractivity contribution in [3.8, 4) is 0 Å². The van der Waals surface area contributed by atoms with Crippen LogP contribution in [0.3, 0.4) is 0 Å². The van der Waals surface area contributed by atoms with Gasteiger partial charge in [-0.25, -0.2) is 0 Å². The summed E-state index contributed by atoms with van der Waals surface area (Å²) >= 11 is 0. The van der Waals surface area contributed by atoms with E-state index in [2.05, 4.69) is 0 Å². The molecule has 1 heterocycles. The van der Waals surface area contributed by atoms with E-state index in [0.29, 0.717) is 5.69 Å². The lowest BCUT2D eigenvalue weighted by Crippen LogP contribution is -2.20.